The molecule has 0 saturated carbocycles. The summed E-state index contributed by atoms with van der Waals surface area (Å²) in [5.74, 6) is 0.446. The number of aromatic nitrogens is 3. The lowest BCUT2D eigenvalue weighted by Crippen LogP contribution is -2.10. The molecule has 2 aromatic rings. The molecule has 0 aliphatic rings. The van der Waals surface area contributed by atoms with Crippen LogP contribution < -0.4 is 5.73 Å². The minimum Gasteiger partial charge on any atom is -0.330 e. The summed E-state index contributed by atoms with van der Waals surface area (Å²) in [5, 5.41) is 1.31. The fourth-order valence-corrected chi connectivity index (χ4v) is 3.36. The van der Waals surface area contributed by atoms with Gasteiger partial charge in [-0.25, -0.2) is 4.98 Å². The Kier molecular flexibility index (Phi) is 5.66. The van der Waals surface area contributed by atoms with Gasteiger partial charge < -0.3 is 10.1 Å². The number of imidazole rings is 1. The van der Waals surface area contributed by atoms with Crippen molar-refractivity contribution in [1.29, 1.82) is 0 Å². The quantitative estimate of drug-likeness (QED) is 0.504. The summed E-state index contributed by atoms with van der Waals surface area (Å²) in [5.41, 5.74) is 9.25. The summed E-state index contributed by atoms with van der Waals surface area (Å²) in [6.45, 7) is 6.78. The average molecular weight is 323 g/mol. The van der Waals surface area contributed by atoms with Crippen LogP contribution in [0.15, 0.2) is 17.4 Å². The molecule has 0 bridgehead atoms. The van der Waals surface area contributed by atoms with E-state index in [0.717, 1.165) is 34.2 Å². The molecule has 0 aliphatic heterocycles. The van der Waals surface area contributed by atoms with Crippen LogP contribution in [0.1, 0.15) is 30.4 Å². The molecule has 7 heteroatoms. The van der Waals surface area contributed by atoms with Crippen molar-refractivity contribution in [2.24, 2.45) is 10.7 Å². The molecule has 0 aliphatic carbocycles. The fourth-order valence-electron chi connectivity index (χ4n) is 2.13. The number of nitrogens with zero attached hydrogens (tertiary/aromatic N) is 4. The number of hydrogen-bond acceptors (Lipinski definition) is 6. The smallest absolute Gasteiger partial charge is 0.159 e. The van der Waals surface area contributed by atoms with Gasteiger partial charge in [-0.2, -0.15) is 12.6 Å². The molecule has 1 unspecified atom stereocenters. The van der Waals surface area contributed by atoms with E-state index in [1.165, 1.54) is 0 Å². The van der Waals surface area contributed by atoms with Gasteiger partial charge in [-0.05, 0) is 26.8 Å². The average Bonchev–Trinajstić information content (AvgIpc) is 2.82. The molecular formula is C14H21N5S2. The van der Waals surface area contributed by atoms with Crippen LogP contribution in [0.4, 0.5) is 0 Å². The van der Waals surface area contributed by atoms with Crippen molar-refractivity contribution in [2.45, 2.75) is 32.4 Å². The highest BCUT2D eigenvalue weighted by molar-refractivity contribution is 8.14. The first-order valence-corrected chi connectivity index (χ1v) is 8.41. The molecule has 0 radical (unpaired) electrons. The minimum atomic E-state index is 0.402. The van der Waals surface area contributed by atoms with E-state index < -0.39 is 0 Å². The second-order valence-corrected chi connectivity index (χ2v) is 6.65. The van der Waals surface area contributed by atoms with E-state index in [1.54, 1.807) is 11.8 Å². The van der Waals surface area contributed by atoms with Crippen molar-refractivity contribution < 1.29 is 0 Å². The van der Waals surface area contributed by atoms with Gasteiger partial charge in [-0.3, -0.25) is 9.98 Å². The number of fused-ring (bicyclic) bond motifs is 1. The fraction of sp³-hybridized carbons (Fsp3) is 0.500. The summed E-state index contributed by atoms with van der Waals surface area (Å²) < 4.78 is 2.01. The molecule has 2 heterocycles. The van der Waals surface area contributed by atoms with Gasteiger partial charge >= 0.3 is 0 Å². The Morgan fingerprint density at radius 2 is 2.19 bits per heavy atom. The number of aryl methyl sites for hydroxylation is 2. The molecule has 5 nitrogen and oxygen atoms in total. The van der Waals surface area contributed by atoms with Crippen LogP contribution in [0.2, 0.25) is 0 Å². The van der Waals surface area contributed by atoms with Crippen molar-refractivity contribution >= 4 is 35.1 Å². The molecule has 2 aromatic heterocycles. The number of aliphatic imine (C=N–C) groups is 1. The van der Waals surface area contributed by atoms with Crippen LogP contribution in [0, 0.1) is 13.8 Å². The van der Waals surface area contributed by atoms with Crippen LogP contribution in [0.25, 0.3) is 5.65 Å². The SMILES string of the molecule is Cc1cn2cc(/C(=N/CS)SC(C)CCN)nc2c(C)n1. The second kappa shape index (κ2) is 7.29. The van der Waals surface area contributed by atoms with Crippen molar-refractivity contribution in [3.8, 4) is 0 Å². The van der Waals surface area contributed by atoms with Crippen LogP contribution in [-0.4, -0.2) is 37.1 Å². The van der Waals surface area contributed by atoms with E-state index in [-0.39, 0.29) is 0 Å². The maximum atomic E-state index is 5.62. The summed E-state index contributed by atoms with van der Waals surface area (Å²) >= 11 is 5.91. The van der Waals surface area contributed by atoms with E-state index in [0.29, 0.717) is 17.7 Å². The maximum absolute atomic E-state index is 5.62. The number of thiol groups is 1. The van der Waals surface area contributed by atoms with Gasteiger partial charge in [0, 0.05) is 17.6 Å². The minimum absolute atomic E-state index is 0.402. The molecule has 21 heavy (non-hydrogen) atoms. The molecule has 1 atom stereocenters. The summed E-state index contributed by atoms with van der Waals surface area (Å²) in [6, 6.07) is 0. The number of nitrogens with two attached hydrogens (primary N) is 1. The van der Waals surface area contributed by atoms with E-state index in [4.69, 9.17) is 5.73 Å². The van der Waals surface area contributed by atoms with Crippen LogP contribution in [0.3, 0.4) is 0 Å². The van der Waals surface area contributed by atoms with E-state index in [9.17, 15) is 0 Å². The Morgan fingerprint density at radius 3 is 2.86 bits per heavy atom. The topological polar surface area (TPSA) is 68.6 Å². The summed E-state index contributed by atoms with van der Waals surface area (Å²) in [7, 11) is 0. The number of hydrogen-bond donors (Lipinski definition) is 2. The zero-order chi connectivity index (χ0) is 15.4. The predicted octanol–water partition coefficient (Wildman–Crippen LogP) is 2.45. The maximum Gasteiger partial charge on any atom is 0.159 e. The molecule has 0 spiro atoms. The highest BCUT2D eigenvalue weighted by Gasteiger charge is 2.14. The first-order chi connectivity index (χ1) is 10.0. The molecule has 114 valence electrons. The lowest BCUT2D eigenvalue weighted by molar-refractivity contribution is 0.826. The van der Waals surface area contributed by atoms with Crippen molar-refractivity contribution in [1.82, 2.24) is 14.4 Å². The molecule has 0 aromatic carbocycles. The Bertz CT molecular complexity index is 650. The Balaban J connectivity index is 2.37. The van der Waals surface area contributed by atoms with Gasteiger partial charge in [0.15, 0.2) is 5.65 Å². The van der Waals surface area contributed by atoms with Crippen LogP contribution in [-0.2, 0) is 0 Å². The van der Waals surface area contributed by atoms with Crippen molar-refractivity contribution in [2.75, 3.05) is 12.4 Å². The number of rotatable bonds is 5. The standard InChI is InChI=1S/C14H21N5S2/c1-9-6-19-7-12(18-13(19)11(3)17-9)14(16-8-20)21-10(2)4-5-15/h6-7,10,20H,4-5,8,15H2,1-3H3/b16-14-. The van der Waals surface area contributed by atoms with Gasteiger partial charge in [0.2, 0.25) is 0 Å². The largest absolute Gasteiger partial charge is 0.330 e. The first-order valence-electron chi connectivity index (χ1n) is 6.90. The number of thioether (sulfide) groups is 1. The Labute approximate surface area is 134 Å². The van der Waals surface area contributed by atoms with Crippen molar-refractivity contribution in [3.05, 3.63) is 29.5 Å². The van der Waals surface area contributed by atoms with E-state index in [2.05, 4.69) is 34.5 Å². The van der Waals surface area contributed by atoms with Crippen LogP contribution >= 0.6 is 24.4 Å². The molecular weight excluding hydrogens is 302 g/mol. The highest BCUT2D eigenvalue weighted by atomic mass is 32.2. The Hall–Kier alpha value is -1.05. The van der Waals surface area contributed by atoms with Gasteiger partial charge in [-0.1, -0.05) is 6.92 Å². The normalized spacial score (nSPS) is 13.9. The van der Waals surface area contributed by atoms with E-state index in [1.807, 2.05) is 30.6 Å². The zero-order valence-electron chi connectivity index (χ0n) is 12.6. The molecule has 2 N–H and O–H groups in total. The van der Waals surface area contributed by atoms with Gasteiger partial charge in [0.05, 0.1) is 17.3 Å². The molecule has 0 fully saturated rings. The summed E-state index contributed by atoms with van der Waals surface area (Å²) in [4.78, 5) is 13.6. The Morgan fingerprint density at radius 1 is 1.43 bits per heavy atom. The second-order valence-electron chi connectivity index (χ2n) is 4.94. The summed E-state index contributed by atoms with van der Waals surface area (Å²) in [6.07, 6.45) is 4.93. The van der Waals surface area contributed by atoms with Gasteiger partial charge in [0.25, 0.3) is 0 Å². The highest BCUT2D eigenvalue weighted by Crippen LogP contribution is 2.22. The monoisotopic (exact) mass is 323 g/mol. The van der Waals surface area contributed by atoms with Crippen molar-refractivity contribution in [3.63, 3.8) is 0 Å². The third-order valence-electron chi connectivity index (χ3n) is 3.05. The molecule has 0 amide bonds. The predicted molar refractivity (Wildman–Crippen MR) is 93.6 cm³/mol. The molecule has 2 rings (SSSR count). The first kappa shape index (κ1) is 16.3. The lowest BCUT2D eigenvalue weighted by Gasteiger charge is -2.10. The van der Waals surface area contributed by atoms with Gasteiger partial charge in [-0.15, -0.1) is 11.8 Å². The van der Waals surface area contributed by atoms with Crippen LogP contribution in [0.5, 0.6) is 0 Å². The third-order valence-corrected chi connectivity index (χ3v) is 4.39. The zero-order valence-corrected chi connectivity index (χ0v) is 14.3. The lowest BCUT2D eigenvalue weighted by atomic mass is 10.3. The molecule has 0 saturated heterocycles. The van der Waals surface area contributed by atoms with Gasteiger partial charge in [0.1, 0.15) is 10.7 Å². The van der Waals surface area contributed by atoms with E-state index >= 15 is 0 Å². The third kappa shape index (κ3) is 3.99.